The molecule has 1 fully saturated rings. The van der Waals surface area contributed by atoms with Gasteiger partial charge in [0.1, 0.15) is 5.82 Å². The van der Waals surface area contributed by atoms with Crippen LogP contribution in [0.2, 0.25) is 0 Å². The summed E-state index contributed by atoms with van der Waals surface area (Å²) in [6, 6.07) is 0.564. The smallest absolute Gasteiger partial charge is 0.195 e. The molecular weight excluding hydrogens is 218 g/mol. The molecule has 1 aliphatic carbocycles. The summed E-state index contributed by atoms with van der Waals surface area (Å²) < 4.78 is 3.03. The van der Waals surface area contributed by atoms with Gasteiger partial charge < -0.3 is 4.57 Å². The van der Waals surface area contributed by atoms with E-state index < -0.39 is 0 Å². The van der Waals surface area contributed by atoms with E-state index in [4.69, 9.17) is 12.2 Å². The highest BCUT2D eigenvalue weighted by Gasteiger charge is 2.28. The van der Waals surface area contributed by atoms with E-state index in [1.54, 1.807) is 0 Å². The van der Waals surface area contributed by atoms with Crippen molar-refractivity contribution < 1.29 is 0 Å². The molecule has 0 saturated heterocycles. The molecule has 1 N–H and O–H groups in total. The number of hydrogen-bond donors (Lipinski definition) is 1. The molecule has 1 heterocycles. The first-order chi connectivity index (χ1) is 7.53. The summed E-state index contributed by atoms with van der Waals surface area (Å²) in [4.78, 5) is 0. The van der Waals surface area contributed by atoms with Crippen molar-refractivity contribution in [2.24, 2.45) is 5.41 Å². The third kappa shape index (κ3) is 2.21. The van der Waals surface area contributed by atoms with Crippen LogP contribution in [-0.2, 0) is 6.42 Å². The molecule has 1 aromatic heterocycles. The lowest BCUT2D eigenvalue weighted by atomic mass is 9.75. The van der Waals surface area contributed by atoms with Crippen LogP contribution >= 0.6 is 12.2 Å². The summed E-state index contributed by atoms with van der Waals surface area (Å²) >= 11 is 5.32. The van der Waals surface area contributed by atoms with E-state index in [0.29, 0.717) is 11.5 Å². The zero-order valence-corrected chi connectivity index (χ0v) is 11.2. The van der Waals surface area contributed by atoms with Gasteiger partial charge in [0, 0.05) is 12.5 Å². The molecule has 0 aromatic carbocycles. The number of H-pyrrole nitrogens is 1. The standard InChI is InChI=1S/C12H21N3S/c1-4-10-13-14-11(16)15(10)9-5-7-12(2,3)8-6-9/h9H,4-8H2,1-3H3,(H,14,16). The number of aromatic amines is 1. The molecule has 1 aromatic rings. The highest BCUT2D eigenvalue weighted by molar-refractivity contribution is 7.71. The molecule has 0 atom stereocenters. The molecule has 1 aliphatic rings. The normalized spacial score (nSPS) is 21.2. The predicted octanol–water partition coefficient (Wildman–Crippen LogP) is 3.64. The Morgan fingerprint density at radius 1 is 1.44 bits per heavy atom. The number of hydrogen-bond acceptors (Lipinski definition) is 2. The first kappa shape index (κ1) is 11.8. The van der Waals surface area contributed by atoms with E-state index in [0.717, 1.165) is 17.0 Å². The van der Waals surface area contributed by atoms with Gasteiger partial charge in [0.25, 0.3) is 0 Å². The minimum atomic E-state index is 0.509. The van der Waals surface area contributed by atoms with Crippen molar-refractivity contribution in [1.29, 1.82) is 0 Å². The van der Waals surface area contributed by atoms with Crippen molar-refractivity contribution in [3.05, 3.63) is 10.6 Å². The van der Waals surface area contributed by atoms with Gasteiger partial charge in [-0.2, -0.15) is 5.10 Å². The molecule has 3 nitrogen and oxygen atoms in total. The number of nitrogens with one attached hydrogen (secondary N) is 1. The van der Waals surface area contributed by atoms with E-state index in [2.05, 4.69) is 35.5 Å². The van der Waals surface area contributed by atoms with Gasteiger partial charge in [-0.1, -0.05) is 20.8 Å². The lowest BCUT2D eigenvalue weighted by molar-refractivity contribution is 0.191. The van der Waals surface area contributed by atoms with Crippen molar-refractivity contribution in [3.8, 4) is 0 Å². The topological polar surface area (TPSA) is 33.6 Å². The molecule has 16 heavy (non-hydrogen) atoms. The van der Waals surface area contributed by atoms with E-state index in [-0.39, 0.29) is 0 Å². The van der Waals surface area contributed by atoms with Crippen LogP contribution in [0.25, 0.3) is 0 Å². The Morgan fingerprint density at radius 2 is 2.06 bits per heavy atom. The van der Waals surface area contributed by atoms with Crippen LogP contribution in [0.15, 0.2) is 0 Å². The van der Waals surface area contributed by atoms with Crippen LogP contribution in [0.1, 0.15) is 58.3 Å². The minimum Gasteiger partial charge on any atom is -0.301 e. The Labute approximate surface area is 102 Å². The number of nitrogens with zero attached hydrogens (tertiary/aromatic N) is 2. The Bertz CT molecular complexity index is 406. The number of aromatic nitrogens is 3. The Kier molecular flexibility index (Phi) is 3.19. The second-order valence-electron chi connectivity index (χ2n) is 5.56. The molecule has 0 amide bonds. The number of rotatable bonds is 2. The summed E-state index contributed by atoms with van der Waals surface area (Å²) in [7, 11) is 0. The van der Waals surface area contributed by atoms with Gasteiger partial charge in [-0.15, -0.1) is 0 Å². The van der Waals surface area contributed by atoms with Crippen LogP contribution in [0.4, 0.5) is 0 Å². The van der Waals surface area contributed by atoms with Gasteiger partial charge in [-0.05, 0) is 43.3 Å². The maximum atomic E-state index is 5.32. The van der Waals surface area contributed by atoms with Crippen LogP contribution in [-0.4, -0.2) is 14.8 Å². The zero-order chi connectivity index (χ0) is 11.8. The average molecular weight is 239 g/mol. The molecular formula is C12H21N3S. The largest absolute Gasteiger partial charge is 0.301 e. The molecule has 1 saturated carbocycles. The van der Waals surface area contributed by atoms with E-state index in [1.807, 2.05) is 0 Å². The Hall–Kier alpha value is -0.640. The average Bonchev–Trinajstić information content (AvgIpc) is 2.60. The summed E-state index contributed by atoms with van der Waals surface area (Å²) in [5.41, 5.74) is 0.509. The van der Waals surface area contributed by atoms with Crippen LogP contribution in [0.3, 0.4) is 0 Å². The van der Waals surface area contributed by atoms with E-state index >= 15 is 0 Å². The molecule has 4 heteroatoms. The van der Waals surface area contributed by atoms with Gasteiger partial charge in [0.15, 0.2) is 4.77 Å². The summed E-state index contributed by atoms with van der Waals surface area (Å²) in [6.45, 7) is 6.85. The fraction of sp³-hybridized carbons (Fsp3) is 0.833. The third-order valence-corrected chi connectivity index (χ3v) is 4.06. The van der Waals surface area contributed by atoms with Gasteiger partial charge >= 0.3 is 0 Å². The third-order valence-electron chi connectivity index (χ3n) is 3.77. The zero-order valence-electron chi connectivity index (χ0n) is 10.4. The van der Waals surface area contributed by atoms with Crippen molar-refractivity contribution in [2.75, 3.05) is 0 Å². The second kappa shape index (κ2) is 4.32. The fourth-order valence-electron chi connectivity index (χ4n) is 2.61. The van der Waals surface area contributed by atoms with Gasteiger partial charge in [0.2, 0.25) is 0 Å². The van der Waals surface area contributed by atoms with Crippen LogP contribution < -0.4 is 0 Å². The van der Waals surface area contributed by atoms with E-state index in [9.17, 15) is 0 Å². The molecule has 0 spiro atoms. The quantitative estimate of drug-likeness (QED) is 0.799. The van der Waals surface area contributed by atoms with Crippen molar-refractivity contribution in [3.63, 3.8) is 0 Å². The van der Waals surface area contributed by atoms with E-state index in [1.165, 1.54) is 25.7 Å². The lowest BCUT2D eigenvalue weighted by Gasteiger charge is -2.35. The molecule has 0 aliphatic heterocycles. The molecule has 0 bridgehead atoms. The second-order valence-corrected chi connectivity index (χ2v) is 5.95. The van der Waals surface area contributed by atoms with Crippen molar-refractivity contribution in [1.82, 2.24) is 14.8 Å². The van der Waals surface area contributed by atoms with Gasteiger partial charge in [0.05, 0.1) is 0 Å². The highest BCUT2D eigenvalue weighted by atomic mass is 32.1. The maximum absolute atomic E-state index is 5.32. The Balaban J connectivity index is 2.20. The first-order valence-corrected chi connectivity index (χ1v) is 6.60. The first-order valence-electron chi connectivity index (χ1n) is 6.19. The van der Waals surface area contributed by atoms with Crippen LogP contribution in [0, 0.1) is 10.2 Å². The van der Waals surface area contributed by atoms with Gasteiger partial charge in [-0.25, -0.2) is 0 Å². The van der Waals surface area contributed by atoms with Crippen molar-refractivity contribution in [2.45, 2.75) is 58.9 Å². The fourth-order valence-corrected chi connectivity index (χ4v) is 2.91. The Morgan fingerprint density at radius 3 is 2.62 bits per heavy atom. The molecule has 0 radical (unpaired) electrons. The van der Waals surface area contributed by atoms with Gasteiger partial charge in [-0.3, -0.25) is 5.10 Å². The maximum Gasteiger partial charge on any atom is 0.195 e. The predicted molar refractivity (Wildman–Crippen MR) is 68.1 cm³/mol. The summed E-state index contributed by atoms with van der Waals surface area (Å²) in [5.74, 6) is 1.11. The molecule has 0 unspecified atom stereocenters. The monoisotopic (exact) mass is 239 g/mol. The van der Waals surface area contributed by atoms with Crippen LogP contribution in [0.5, 0.6) is 0 Å². The molecule has 90 valence electrons. The summed E-state index contributed by atoms with van der Waals surface area (Å²) in [5, 5.41) is 7.21. The lowest BCUT2D eigenvalue weighted by Crippen LogP contribution is -2.24. The number of aryl methyl sites for hydroxylation is 1. The SMILES string of the molecule is CCc1n[nH]c(=S)n1C1CCC(C)(C)CC1. The summed E-state index contributed by atoms with van der Waals surface area (Å²) in [6.07, 6.45) is 5.98. The van der Waals surface area contributed by atoms with Crippen molar-refractivity contribution >= 4 is 12.2 Å². The minimum absolute atomic E-state index is 0.509. The highest BCUT2D eigenvalue weighted by Crippen LogP contribution is 2.40. The molecule has 2 rings (SSSR count).